The zero-order chi connectivity index (χ0) is 14.8. The summed E-state index contributed by atoms with van der Waals surface area (Å²) in [5.74, 6) is 1.12. The standard InChI is InChI=1S/C17H11ClN2O/c18-15-6-8-17(14-4-2-1-3-13(14)15)21-16-7-5-12(20)9-11(16)10-19/h1-9H,20H2. The van der Waals surface area contributed by atoms with Crippen molar-refractivity contribution < 1.29 is 4.74 Å². The second kappa shape index (κ2) is 5.35. The minimum atomic E-state index is 0.397. The van der Waals surface area contributed by atoms with Crippen LogP contribution in [0.4, 0.5) is 5.69 Å². The summed E-state index contributed by atoms with van der Waals surface area (Å²) in [7, 11) is 0. The van der Waals surface area contributed by atoms with Gasteiger partial charge < -0.3 is 10.5 Å². The van der Waals surface area contributed by atoms with Crippen molar-refractivity contribution in [2.75, 3.05) is 5.73 Å². The topological polar surface area (TPSA) is 59.0 Å². The van der Waals surface area contributed by atoms with Crippen LogP contribution < -0.4 is 10.5 Å². The van der Waals surface area contributed by atoms with Gasteiger partial charge in [-0.25, -0.2) is 0 Å². The van der Waals surface area contributed by atoms with Gasteiger partial charge in [0, 0.05) is 21.5 Å². The third kappa shape index (κ3) is 2.49. The number of anilines is 1. The van der Waals surface area contributed by atoms with Gasteiger partial charge in [-0.2, -0.15) is 5.26 Å². The van der Waals surface area contributed by atoms with Crippen molar-refractivity contribution in [3.8, 4) is 17.6 Å². The van der Waals surface area contributed by atoms with Crippen LogP contribution in [0, 0.1) is 11.3 Å². The summed E-state index contributed by atoms with van der Waals surface area (Å²) in [6, 6.07) is 18.3. The van der Waals surface area contributed by atoms with Gasteiger partial charge in [0.15, 0.2) is 0 Å². The van der Waals surface area contributed by atoms with Gasteiger partial charge >= 0.3 is 0 Å². The maximum atomic E-state index is 9.17. The summed E-state index contributed by atoms with van der Waals surface area (Å²) in [5.41, 5.74) is 6.61. The number of fused-ring (bicyclic) bond motifs is 1. The largest absolute Gasteiger partial charge is 0.455 e. The molecule has 0 bridgehead atoms. The van der Waals surface area contributed by atoms with Crippen molar-refractivity contribution >= 4 is 28.1 Å². The smallest absolute Gasteiger partial charge is 0.145 e. The average Bonchev–Trinajstić information content (AvgIpc) is 2.52. The summed E-state index contributed by atoms with van der Waals surface area (Å²) in [6.07, 6.45) is 0. The second-order valence-corrected chi connectivity index (χ2v) is 4.97. The molecule has 102 valence electrons. The first kappa shape index (κ1) is 13.3. The lowest BCUT2D eigenvalue weighted by Crippen LogP contribution is -1.92. The number of halogens is 1. The molecule has 0 spiro atoms. The zero-order valence-electron chi connectivity index (χ0n) is 11.0. The van der Waals surface area contributed by atoms with Crippen molar-refractivity contribution in [1.29, 1.82) is 5.26 Å². The highest BCUT2D eigenvalue weighted by atomic mass is 35.5. The first-order valence-corrected chi connectivity index (χ1v) is 6.71. The third-order valence-electron chi connectivity index (χ3n) is 3.17. The first-order chi connectivity index (χ1) is 10.2. The van der Waals surface area contributed by atoms with E-state index in [0.717, 1.165) is 10.8 Å². The van der Waals surface area contributed by atoms with Crippen LogP contribution in [0.1, 0.15) is 5.56 Å². The monoisotopic (exact) mass is 294 g/mol. The van der Waals surface area contributed by atoms with E-state index in [1.54, 1.807) is 30.3 Å². The second-order valence-electron chi connectivity index (χ2n) is 4.56. The van der Waals surface area contributed by atoms with Gasteiger partial charge in [-0.3, -0.25) is 0 Å². The van der Waals surface area contributed by atoms with E-state index in [1.807, 2.05) is 24.3 Å². The molecule has 4 heteroatoms. The van der Waals surface area contributed by atoms with E-state index in [1.165, 1.54) is 0 Å². The number of ether oxygens (including phenoxy) is 1. The molecule has 0 fully saturated rings. The molecule has 21 heavy (non-hydrogen) atoms. The fourth-order valence-electron chi connectivity index (χ4n) is 2.17. The highest BCUT2D eigenvalue weighted by molar-refractivity contribution is 6.35. The van der Waals surface area contributed by atoms with Gasteiger partial charge in [-0.15, -0.1) is 0 Å². The van der Waals surface area contributed by atoms with Gasteiger partial charge in [0.1, 0.15) is 17.6 Å². The van der Waals surface area contributed by atoms with Crippen LogP contribution in [0.3, 0.4) is 0 Å². The molecule has 3 aromatic rings. The summed E-state index contributed by atoms with van der Waals surface area (Å²) < 4.78 is 5.89. The van der Waals surface area contributed by atoms with Crippen LogP contribution in [-0.4, -0.2) is 0 Å². The van der Waals surface area contributed by atoms with Crippen LogP contribution in [0.2, 0.25) is 5.02 Å². The molecule has 3 rings (SSSR count). The Morgan fingerprint density at radius 1 is 0.952 bits per heavy atom. The highest BCUT2D eigenvalue weighted by Gasteiger charge is 2.09. The summed E-state index contributed by atoms with van der Waals surface area (Å²) in [5, 5.41) is 11.6. The van der Waals surface area contributed by atoms with Crippen LogP contribution in [0.25, 0.3) is 10.8 Å². The molecule has 0 unspecified atom stereocenters. The summed E-state index contributed by atoms with van der Waals surface area (Å²) in [6.45, 7) is 0. The molecule has 0 aliphatic rings. The molecule has 3 aromatic carbocycles. The Morgan fingerprint density at radius 3 is 2.43 bits per heavy atom. The van der Waals surface area contributed by atoms with Crippen molar-refractivity contribution in [2.45, 2.75) is 0 Å². The molecule has 0 saturated carbocycles. The number of nitrogens with two attached hydrogens (primary N) is 1. The molecule has 0 saturated heterocycles. The Bertz CT molecular complexity index is 868. The molecular weight excluding hydrogens is 284 g/mol. The minimum Gasteiger partial charge on any atom is -0.455 e. The fraction of sp³-hybridized carbons (Fsp3) is 0. The SMILES string of the molecule is N#Cc1cc(N)ccc1Oc1ccc(Cl)c2ccccc12. The molecule has 3 nitrogen and oxygen atoms in total. The van der Waals surface area contributed by atoms with Gasteiger partial charge in [0.25, 0.3) is 0 Å². The Balaban J connectivity index is 2.11. The van der Waals surface area contributed by atoms with E-state index in [0.29, 0.717) is 27.8 Å². The average molecular weight is 295 g/mol. The zero-order valence-corrected chi connectivity index (χ0v) is 11.8. The number of rotatable bonds is 2. The first-order valence-electron chi connectivity index (χ1n) is 6.34. The van der Waals surface area contributed by atoms with Crippen molar-refractivity contribution in [3.05, 3.63) is 65.2 Å². The number of nitriles is 1. The Morgan fingerprint density at radius 2 is 1.67 bits per heavy atom. The fourth-order valence-corrected chi connectivity index (χ4v) is 2.39. The van der Waals surface area contributed by atoms with E-state index in [-0.39, 0.29) is 0 Å². The molecule has 0 radical (unpaired) electrons. The van der Waals surface area contributed by atoms with Crippen molar-refractivity contribution in [1.82, 2.24) is 0 Å². The van der Waals surface area contributed by atoms with E-state index in [2.05, 4.69) is 6.07 Å². The maximum absolute atomic E-state index is 9.17. The number of nitrogens with zero attached hydrogens (tertiary/aromatic N) is 1. The van der Waals surface area contributed by atoms with Crippen LogP contribution in [0.15, 0.2) is 54.6 Å². The number of nitrogen functional groups attached to an aromatic ring is 1. The Labute approximate surface area is 127 Å². The van der Waals surface area contributed by atoms with Gasteiger partial charge in [0.05, 0.1) is 5.56 Å². The predicted octanol–water partition coefficient (Wildman–Crippen LogP) is 4.74. The number of benzene rings is 3. The van der Waals surface area contributed by atoms with Crippen molar-refractivity contribution in [2.24, 2.45) is 0 Å². The predicted molar refractivity (Wildman–Crippen MR) is 84.6 cm³/mol. The van der Waals surface area contributed by atoms with E-state index in [4.69, 9.17) is 22.1 Å². The molecular formula is C17H11ClN2O. The minimum absolute atomic E-state index is 0.397. The Hall–Kier alpha value is -2.70. The molecule has 0 aliphatic heterocycles. The molecule has 0 atom stereocenters. The van der Waals surface area contributed by atoms with Crippen molar-refractivity contribution in [3.63, 3.8) is 0 Å². The van der Waals surface area contributed by atoms with Crippen LogP contribution in [-0.2, 0) is 0 Å². The lowest BCUT2D eigenvalue weighted by molar-refractivity contribution is 0.487. The van der Waals surface area contributed by atoms with Gasteiger partial charge in [-0.1, -0.05) is 35.9 Å². The molecule has 0 aliphatic carbocycles. The van der Waals surface area contributed by atoms with E-state index in [9.17, 15) is 5.26 Å². The molecule has 0 heterocycles. The number of hydrogen-bond donors (Lipinski definition) is 1. The van der Waals surface area contributed by atoms with Gasteiger partial charge in [-0.05, 0) is 30.3 Å². The number of hydrogen-bond acceptors (Lipinski definition) is 3. The lowest BCUT2D eigenvalue weighted by Gasteiger charge is -2.11. The maximum Gasteiger partial charge on any atom is 0.145 e. The van der Waals surface area contributed by atoms with Crippen LogP contribution >= 0.6 is 11.6 Å². The normalized spacial score (nSPS) is 10.3. The summed E-state index contributed by atoms with van der Waals surface area (Å²) >= 11 is 6.19. The quantitative estimate of drug-likeness (QED) is 0.694. The van der Waals surface area contributed by atoms with E-state index >= 15 is 0 Å². The van der Waals surface area contributed by atoms with Crippen LogP contribution in [0.5, 0.6) is 11.5 Å². The third-order valence-corrected chi connectivity index (χ3v) is 3.50. The van der Waals surface area contributed by atoms with E-state index < -0.39 is 0 Å². The summed E-state index contributed by atoms with van der Waals surface area (Å²) in [4.78, 5) is 0. The molecule has 2 N–H and O–H groups in total. The molecule has 0 aromatic heterocycles. The van der Waals surface area contributed by atoms with Gasteiger partial charge in [0.2, 0.25) is 0 Å². The Kier molecular flexibility index (Phi) is 3.39. The molecule has 0 amide bonds. The highest BCUT2D eigenvalue weighted by Crippen LogP contribution is 2.35. The lowest BCUT2D eigenvalue weighted by atomic mass is 10.1.